The molecule has 0 N–H and O–H groups in total. The lowest BCUT2D eigenvalue weighted by Gasteiger charge is -2.26. The number of carbonyl (C=O) groups excluding carboxylic acids is 1. The van der Waals surface area contributed by atoms with Crippen molar-refractivity contribution in [2.24, 2.45) is 0 Å². The molecule has 1 saturated heterocycles. The molecule has 1 aliphatic rings. The molecule has 0 saturated carbocycles. The molecular formula is C19H22N2O5S. The van der Waals surface area contributed by atoms with Gasteiger partial charge in [-0.2, -0.15) is 4.31 Å². The fourth-order valence-corrected chi connectivity index (χ4v) is 4.24. The number of sulfonamides is 1. The normalized spacial score (nSPS) is 15.4. The summed E-state index contributed by atoms with van der Waals surface area (Å²) >= 11 is 0. The summed E-state index contributed by atoms with van der Waals surface area (Å²) in [6.07, 6.45) is 4.92. The van der Waals surface area contributed by atoms with Gasteiger partial charge >= 0.3 is 5.97 Å². The summed E-state index contributed by atoms with van der Waals surface area (Å²) in [5.74, 6) is -0.528. The van der Waals surface area contributed by atoms with Gasteiger partial charge in [0, 0.05) is 25.5 Å². The second kappa shape index (κ2) is 9.07. The minimum Gasteiger partial charge on any atom is -0.462 e. The van der Waals surface area contributed by atoms with E-state index in [1.165, 1.54) is 16.4 Å². The van der Waals surface area contributed by atoms with Gasteiger partial charge in [-0.3, -0.25) is 4.98 Å². The van der Waals surface area contributed by atoms with E-state index in [1.807, 2.05) is 12.1 Å². The number of hydrogen-bond donors (Lipinski definition) is 0. The van der Waals surface area contributed by atoms with Crippen LogP contribution in [0, 0.1) is 0 Å². The van der Waals surface area contributed by atoms with Crippen LogP contribution in [0.2, 0.25) is 0 Å². The molecule has 1 aromatic heterocycles. The highest BCUT2D eigenvalue weighted by atomic mass is 32.2. The van der Waals surface area contributed by atoms with Gasteiger partial charge < -0.3 is 9.47 Å². The number of morpholine rings is 1. The second-order valence-electron chi connectivity index (χ2n) is 6.15. The Morgan fingerprint density at radius 1 is 1.19 bits per heavy atom. The number of benzene rings is 1. The van der Waals surface area contributed by atoms with Crippen LogP contribution in [0.4, 0.5) is 0 Å². The van der Waals surface area contributed by atoms with Crippen LogP contribution in [-0.2, 0) is 25.9 Å². The predicted octanol–water partition coefficient (Wildman–Crippen LogP) is 1.89. The van der Waals surface area contributed by atoms with Crippen molar-refractivity contribution in [3.63, 3.8) is 0 Å². The smallest absolute Gasteiger partial charge is 0.338 e. The summed E-state index contributed by atoms with van der Waals surface area (Å²) in [7, 11) is -3.64. The van der Waals surface area contributed by atoms with E-state index in [-0.39, 0.29) is 17.1 Å². The highest BCUT2D eigenvalue weighted by Gasteiger charge is 2.27. The van der Waals surface area contributed by atoms with Gasteiger partial charge in [0.15, 0.2) is 0 Å². The van der Waals surface area contributed by atoms with Crippen molar-refractivity contribution in [2.45, 2.75) is 17.7 Å². The van der Waals surface area contributed by atoms with Gasteiger partial charge in [-0.1, -0.05) is 12.1 Å². The maximum atomic E-state index is 12.7. The Morgan fingerprint density at radius 2 is 2.00 bits per heavy atom. The third kappa shape index (κ3) is 5.12. The Labute approximate surface area is 159 Å². The molecule has 0 atom stereocenters. The Hall–Kier alpha value is -2.29. The number of esters is 1. The van der Waals surface area contributed by atoms with Gasteiger partial charge in [0.25, 0.3) is 0 Å². The summed E-state index contributed by atoms with van der Waals surface area (Å²) < 4.78 is 37.2. The first kappa shape index (κ1) is 19.5. The van der Waals surface area contributed by atoms with Gasteiger partial charge in [0.05, 0.1) is 30.3 Å². The number of aryl methyl sites for hydroxylation is 1. The number of pyridine rings is 1. The maximum absolute atomic E-state index is 12.7. The molecule has 27 heavy (non-hydrogen) atoms. The van der Waals surface area contributed by atoms with Gasteiger partial charge in [0.2, 0.25) is 10.0 Å². The molecule has 1 fully saturated rings. The van der Waals surface area contributed by atoms with Crippen LogP contribution in [0.15, 0.2) is 53.7 Å². The topological polar surface area (TPSA) is 85.8 Å². The van der Waals surface area contributed by atoms with Crippen LogP contribution >= 0.6 is 0 Å². The van der Waals surface area contributed by atoms with E-state index in [2.05, 4.69) is 4.98 Å². The van der Waals surface area contributed by atoms with Crippen LogP contribution in [0.25, 0.3) is 0 Å². The van der Waals surface area contributed by atoms with Gasteiger partial charge in [-0.25, -0.2) is 13.2 Å². The van der Waals surface area contributed by atoms with E-state index >= 15 is 0 Å². The molecule has 0 aliphatic carbocycles. The summed E-state index contributed by atoms with van der Waals surface area (Å²) in [6, 6.07) is 9.80. The quantitative estimate of drug-likeness (QED) is 0.530. The first-order valence-electron chi connectivity index (χ1n) is 8.81. The van der Waals surface area contributed by atoms with Gasteiger partial charge in [0.1, 0.15) is 0 Å². The van der Waals surface area contributed by atoms with Crippen LogP contribution in [-0.4, -0.2) is 56.6 Å². The Morgan fingerprint density at radius 3 is 2.74 bits per heavy atom. The number of aromatic nitrogens is 1. The molecule has 0 unspecified atom stereocenters. The molecule has 2 aromatic rings. The molecule has 1 aromatic carbocycles. The zero-order valence-electron chi connectivity index (χ0n) is 14.9. The van der Waals surface area contributed by atoms with E-state index in [0.29, 0.717) is 32.7 Å². The van der Waals surface area contributed by atoms with Crippen molar-refractivity contribution in [2.75, 3.05) is 32.9 Å². The Bertz CT molecular complexity index is 865. The average Bonchev–Trinajstić information content (AvgIpc) is 2.72. The fraction of sp³-hybridized carbons (Fsp3) is 0.368. The summed E-state index contributed by atoms with van der Waals surface area (Å²) in [6.45, 7) is 1.63. The molecular weight excluding hydrogens is 368 g/mol. The van der Waals surface area contributed by atoms with Crippen molar-refractivity contribution in [1.29, 1.82) is 0 Å². The minimum atomic E-state index is -3.64. The zero-order valence-corrected chi connectivity index (χ0v) is 15.7. The van der Waals surface area contributed by atoms with Crippen LogP contribution in [0.5, 0.6) is 0 Å². The van der Waals surface area contributed by atoms with Crippen LogP contribution in [0.1, 0.15) is 22.3 Å². The summed E-state index contributed by atoms with van der Waals surface area (Å²) in [4.78, 5) is 16.4. The number of nitrogens with zero attached hydrogens (tertiary/aromatic N) is 2. The van der Waals surface area contributed by atoms with Crippen molar-refractivity contribution in [3.05, 3.63) is 59.9 Å². The highest BCUT2D eigenvalue weighted by Crippen LogP contribution is 2.19. The molecule has 3 rings (SSSR count). The molecule has 8 heteroatoms. The maximum Gasteiger partial charge on any atom is 0.338 e. The SMILES string of the molecule is O=C(OCCCc1cccnc1)c1cccc(S(=O)(=O)N2CCOCC2)c1. The second-order valence-corrected chi connectivity index (χ2v) is 8.08. The van der Waals surface area contributed by atoms with E-state index in [9.17, 15) is 13.2 Å². The molecule has 0 spiro atoms. The monoisotopic (exact) mass is 390 g/mol. The molecule has 0 radical (unpaired) electrons. The van der Waals surface area contributed by atoms with E-state index in [1.54, 1.807) is 24.5 Å². The largest absolute Gasteiger partial charge is 0.462 e. The average molecular weight is 390 g/mol. The van der Waals surface area contributed by atoms with Crippen LogP contribution in [0.3, 0.4) is 0 Å². The third-order valence-electron chi connectivity index (χ3n) is 4.24. The highest BCUT2D eigenvalue weighted by molar-refractivity contribution is 7.89. The molecule has 144 valence electrons. The molecule has 2 heterocycles. The lowest BCUT2D eigenvalue weighted by Crippen LogP contribution is -2.40. The minimum absolute atomic E-state index is 0.0919. The lowest BCUT2D eigenvalue weighted by atomic mass is 10.2. The van der Waals surface area contributed by atoms with Crippen LogP contribution < -0.4 is 0 Å². The van der Waals surface area contributed by atoms with Crippen molar-refractivity contribution in [1.82, 2.24) is 9.29 Å². The third-order valence-corrected chi connectivity index (χ3v) is 6.14. The first-order chi connectivity index (χ1) is 13.1. The van der Waals surface area contributed by atoms with Crippen molar-refractivity contribution < 1.29 is 22.7 Å². The standard InChI is InChI=1S/C19H22N2O5S/c22-19(26-11-3-5-16-4-2-8-20-15-16)17-6-1-7-18(14-17)27(23,24)21-9-12-25-13-10-21/h1-2,4,6-8,14-15H,3,5,9-13H2. The summed E-state index contributed by atoms with van der Waals surface area (Å²) in [5, 5.41) is 0. The number of rotatable bonds is 7. The first-order valence-corrected chi connectivity index (χ1v) is 10.3. The van der Waals surface area contributed by atoms with E-state index in [0.717, 1.165) is 12.0 Å². The van der Waals surface area contributed by atoms with E-state index in [4.69, 9.17) is 9.47 Å². The van der Waals surface area contributed by atoms with Crippen molar-refractivity contribution in [3.8, 4) is 0 Å². The Kier molecular flexibility index (Phi) is 6.54. The molecule has 7 nitrogen and oxygen atoms in total. The van der Waals surface area contributed by atoms with Crippen molar-refractivity contribution >= 4 is 16.0 Å². The number of hydrogen-bond acceptors (Lipinski definition) is 6. The van der Waals surface area contributed by atoms with Gasteiger partial charge in [-0.15, -0.1) is 0 Å². The summed E-state index contributed by atoms with van der Waals surface area (Å²) in [5.41, 5.74) is 1.30. The molecule has 1 aliphatic heterocycles. The zero-order chi connectivity index (χ0) is 19.1. The Balaban J connectivity index is 1.58. The molecule has 0 bridgehead atoms. The van der Waals surface area contributed by atoms with Gasteiger partial charge in [-0.05, 0) is 42.7 Å². The number of ether oxygens (including phenoxy) is 2. The number of carbonyl (C=O) groups is 1. The fourth-order valence-electron chi connectivity index (χ4n) is 2.79. The predicted molar refractivity (Wildman–Crippen MR) is 98.9 cm³/mol. The molecule has 0 amide bonds. The van der Waals surface area contributed by atoms with E-state index < -0.39 is 16.0 Å². The lowest BCUT2D eigenvalue weighted by molar-refractivity contribution is 0.0500.